The Morgan fingerprint density at radius 1 is 1.33 bits per heavy atom. The highest BCUT2D eigenvalue weighted by molar-refractivity contribution is 5.86. The van der Waals surface area contributed by atoms with Crippen LogP contribution >= 0.6 is 0 Å². The molecule has 3 N–H and O–H groups in total. The number of carbonyl (C=O) groups excluding carboxylic acids is 1. The molecule has 5 nitrogen and oxygen atoms in total. The number of carbonyl (C=O) groups is 1. The minimum absolute atomic E-state index is 0.177. The number of ether oxygens (including phenoxy) is 1. The third kappa shape index (κ3) is 4.65. The van der Waals surface area contributed by atoms with Gasteiger partial charge in [0.2, 0.25) is 5.91 Å². The molecule has 1 unspecified atom stereocenters. The Morgan fingerprint density at radius 2 is 2.04 bits per heavy atom. The molecule has 2 atom stereocenters. The quantitative estimate of drug-likeness (QED) is 0.840. The molecule has 1 amide bonds. The van der Waals surface area contributed by atoms with Crippen LogP contribution in [-0.2, 0) is 9.53 Å². The van der Waals surface area contributed by atoms with Crippen molar-refractivity contribution < 1.29 is 9.53 Å². The predicted molar refractivity (Wildman–Crippen MR) is 105 cm³/mol. The first-order chi connectivity index (χ1) is 12.9. The number of nitrogens with zero attached hydrogens (tertiary/aromatic N) is 1. The van der Waals surface area contributed by atoms with Gasteiger partial charge in [0.1, 0.15) is 6.04 Å². The number of nitrogens with two attached hydrogens (primary N) is 1. The fraction of sp³-hybridized carbons (Fsp3) is 0.455. The Hall–Kier alpha value is -2.42. The predicted octanol–water partition coefficient (Wildman–Crippen LogP) is 2.94. The number of hydrogen-bond acceptors (Lipinski definition) is 4. The van der Waals surface area contributed by atoms with E-state index in [9.17, 15) is 10.1 Å². The Labute approximate surface area is 160 Å². The summed E-state index contributed by atoms with van der Waals surface area (Å²) in [6.45, 7) is 3.08. The third-order valence-electron chi connectivity index (χ3n) is 5.53. The van der Waals surface area contributed by atoms with Crippen LogP contribution in [0.15, 0.2) is 48.6 Å². The van der Waals surface area contributed by atoms with Gasteiger partial charge in [-0.1, -0.05) is 55.5 Å². The fourth-order valence-corrected chi connectivity index (χ4v) is 3.63. The van der Waals surface area contributed by atoms with Gasteiger partial charge in [-0.3, -0.25) is 4.79 Å². The average Bonchev–Trinajstić information content (AvgIpc) is 2.69. The van der Waals surface area contributed by atoms with Gasteiger partial charge in [0.05, 0.1) is 11.6 Å². The van der Waals surface area contributed by atoms with Crippen molar-refractivity contribution in [1.82, 2.24) is 5.32 Å². The second-order valence-corrected chi connectivity index (χ2v) is 7.84. The van der Waals surface area contributed by atoms with Crippen LogP contribution in [-0.4, -0.2) is 30.7 Å². The first-order valence-corrected chi connectivity index (χ1v) is 9.46. The van der Waals surface area contributed by atoms with Crippen molar-refractivity contribution in [3.05, 3.63) is 54.1 Å². The van der Waals surface area contributed by atoms with Crippen LogP contribution in [0.2, 0.25) is 0 Å². The molecule has 0 radical (unpaired) electrons. The average molecular weight is 365 g/mol. The van der Waals surface area contributed by atoms with Crippen molar-refractivity contribution >= 4 is 11.5 Å². The molecule has 1 aromatic rings. The highest BCUT2D eigenvalue weighted by Crippen LogP contribution is 2.36. The van der Waals surface area contributed by atoms with Gasteiger partial charge in [0.15, 0.2) is 0 Å². The first kappa shape index (κ1) is 19.3. The molecule has 1 saturated heterocycles. The lowest BCUT2D eigenvalue weighted by atomic mass is 9.76. The van der Waals surface area contributed by atoms with Crippen LogP contribution in [0.4, 0.5) is 0 Å². The summed E-state index contributed by atoms with van der Waals surface area (Å²) < 4.78 is 5.29. The molecule has 27 heavy (non-hydrogen) atoms. The van der Waals surface area contributed by atoms with Gasteiger partial charge in [-0.2, -0.15) is 5.26 Å². The number of benzene rings is 1. The number of rotatable bonds is 5. The summed E-state index contributed by atoms with van der Waals surface area (Å²) in [7, 11) is 0. The van der Waals surface area contributed by atoms with Crippen LogP contribution in [0.1, 0.15) is 38.2 Å². The lowest BCUT2D eigenvalue weighted by Gasteiger charge is -2.34. The van der Waals surface area contributed by atoms with Crippen molar-refractivity contribution in [1.29, 1.82) is 5.26 Å². The molecular formula is C22H27N3O2. The summed E-state index contributed by atoms with van der Waals surface area (Å²) in [5.74, 6) is -0.249. The number of amides is 1. The van der Waals surface area contributed by atoms with Crippen molar-refractivity contribution in [3.8, 4) is 6.07 Å². The zero-order valence-electron chi connectivity index (χ0n) is 15.8. The van der Waals surface area contributed by atoms with E-state index in [-0.39, 0.29) is 11.3 Å². The molecule has 0 bridgehead atoms. The minimum atomic E-state index is -0.933. The van der Waals surface area contributed by atoms with Gasteiger partial charge in [0.25, 0.3) is 0 Å². The maximum atomic E-state index is 12.6. The highest BCUT2D eigenvalue weighted by atomic mass is 16.5. The molecule has 1 fully saturated rings. The zero-order valence-corrected chi connectivity index (χ0v) is 15.8. The standard InChI is InChI=1S/C22H27N3O2/c1-21(9-7-18(8-10-21)17-5-3-2-4-6-17)15-19(16-23)25-20(26)22(24)11-13-27-14-12-22/h2-9,19H,10-15,24H2,1H3,(H,25,26)/t19-,21?/m0/s1. The number of allylic oxidation sites excluding steroid dienone is 4. The lowest BCUT2D eigenvalue weighted by Crippen LogP contribution is -2.58. The monoisotopic (exact) mass is 365 g/mol. The van der Waals surface area contributed by atoms with E-state index in [4.69, 9.17) is 10.5 Å². The SMILES string of the molecule is CC1(C[C@@H](C#N)NC(=O)C2(N)CCOCC2)C=CC(c2ccccc2)=CC1. The normalized spacial score (nSPS) is 25.1. The van der Waals surface area contributed by atoms with E-state index in [0.717, 1.165) is 6.42 Å². The Bertz CT molecular complexity index is 772. The second kappa shape index (κ2) is 8.08. The molecule has 3 rings (SSSR count). The topological polar surface area (TPSA) is 88.1 Å². The van der Waals surface area contributed by atoms with Crippen LogP contribution in [0.25, 0.3) is 5.57 Å². The van der Waals surface area contributed by atoms with Gasteiger partial charge < -0.3 is 15.8 Å². The van der Waals surface area contributed by atoms with E-state index in [1.54, 1.807) is 0 Å². The molecule has 1 aliphatic heterocycles. The molecule has 0 saturated carbocycles. The summed E-state index contributed by atoms with van der Waals surface area (Å²) in [5.41, 5.74) is 7.49. The summed E-state index contributed by atoms with van der Waals surface area (Å²) in [6.07, 6.45) is 8.81. The summed E-state index contributed by atoms with van der Waals surface area (Å²) in [6, 6.07) is 11.9. The third-order valence-corrected chi connectivity index (χ3v) is 5.53. The molecule has 0 spiro atoms. The second-order valence-electron chi connectivity index (χ2n) is 7.84. The Morgan fingerprint density at radius 3 is 2.63 bits per heavy atom. The van der Waals surface area contributed by atoms with Crippen molar-refractivity contribution in [2.24, 2.45) is 11.1 Å². The van der Waals surface area contributed by atoms with E-state index in [1.807, 2.05) is 18.2 Å². The lowest BCUT2D eigenvalue weighted by molar-refractivity contribution is -0.130. The molecule has 5 heteroatoms. The van der Waals surface area contributed by atoms with Gasteiger partial charge >= 0.3 is 0 Å². The van der Waals surface area contributed by atoms with E-state index in [1.165, 1.54) is 11.1 Å². The first-order valence-electron chi connectivity index (χ1n) is 9.46. The largest absolute Gasteiger partial charge is 0.381 e. The maximum Gasteiger partial charge on any atom is 0.241 e. The maximum absolute atomic E-state index is 12.6. The molecule has 1 aliphatic carbocycles. The molecule has 1 heterocycles. The summed E-state index contributed by atoms with van der Waals surface area (Å²) >= 11 is 0. The molecule has 0 aromatic heterocycles. The van der Waals surface area contributed by atoms with E-state index in [2.05, 4.69) is 48.7 Å². The van der Waals surface area contributed by atoms with Gasteiger partial charge in [-0.05, 0) is 42.2 Å². The van der Waals surface area contributed by atoms with Crippen molar-refractivity contribution in [3.63, 3.8) is 0 Å². The molecule has 142 valence electrons. The van der Waals surface area contributed by atoms with E-state index >= 15 is 0 Å². The van der Waals surface area contributed by atoms with Crippen molar-refractivity contribution in [2.75, 3.05) is 13.2 Å². The number of nitrogens with one attached hydrogen (secondary N) is 1. The van der Waals surface area contributed by atoms with Gasteiger partial charge in [-0.25, -0.2) is 0 Å². The van der Waals surface area contributed by atoms with Gasteiger partial charge in [0, 0.05) is 13.2 Å². The Balaban J connectivity index is 1.62. The Kier molecular flexibility index (Phi) is 5.79. The van der Waals surface area contributed by atoms with E-state index < -0.39 is 11.6 Å². The number of hydrogen-bond donors (Lipinski definition) is 2. The van der Waals surface area contributed by atoms with Crippen molar-refractivity contribution in [2.45, 2.75) is 44.2 Å². The van der Waals surface area contributed by atoms with Crippen LogP contribution in [0.5, 0.6) is 0 Å². The summed E-state index contributed by atoms with van der Waals surface area (Å²) in [5, 5.41) is 12.4. The van der Waals surface area contributed by atoms with Gasteiger partial charge in [-0.15, -0.1) is 0 Å². The molecule has 1 aromatic carbocycles. The van der Waals surface area contributed by atoms with Crippen LogP contribution < -0.4 is 11.1 Å². The van der Waals surface area contributed by atoms with E-state index in [0.29, 0.717) is 32.5 Å². The van der Waals surface area contributed by atoms with Crippen LogP contribution in [0.3, 0.4) is 0 Å². The smallest absolute Gasteiger partial charge is 0.241 e. The number of nitriles is 1. The summed E-state index contributed by atoms with van der Waals surface area (Å²) in [4.78, 5) is 12.6. The fourth-order valence-electron chi connectivity index (χ4n) is 3.63. The molecular weight excluding hydrogens is 338 g/mol. The minimum Gasteiger partial charge on any atom is -0.381 e. The zero-order chi connectivity index (χ0) is 19.3. The highest BCUT2D eigenvalue weighted by Gasteiger charge is 2.38. The molecule has 2 aliphatic rings. The van der Waals surface area contributed by atoms with Crippen LogP contribution in [0, 0.1) is 16.7 Å².